The van der Waals surface area contributed by atoms with Crippen LogP contribution >= 0.6 is 34.5 Å². The van der Waals surface area contributed by atoms with Crippen LogP contribution in [0.2, 0.25) is 9.36 Å². The summed E-state index contributed by atoms with van der Waals surface area (Å²) in [7, 11) is 0. The van der Waals surface area contributed by atoms with Gasteiger partial charge in [-0.25, -0.2) is 0 Å². The number of rotatable bonds is 3. The molecule has 84 valence electrons. The molecule has 1 unspecified atom stereocenters. The quantitative estimate of drug-likeness (QED) is 0.882. The fourth-order valence-electron chi connectivity index (χ4n) is 1.45. The summed E-state index contributed by atoms with van der Waals surface area (Å²) < 4.78 is 0.699. The molecule has 1 nitrogen and oxygen atoms in total. The van der Waals surface area contributed by atoms with Gasteiger partial charge in [0.2, 0.25) is 0 Å². The average Bonchev–Trinajstić information content (AvgIpc) is 2.68. The normalized spacial score (nSPS) is 12.7. The molecule has 1 aromatic carbocycles. The first-order chi connectivity index (χ1) is 7.65. The van der Waals surface area contributed by atoms with Crippen molar-refractivity contribution < 1.29 is 5.11 Å². The molecule has 0 aliphatic carbocycles. The lowest BCUT2D eigenvalue weighted by Gasteiger charge is -2.08. The van der Waals surface area contributed by atoms with E-state index in [1.165, 1.54) is 11.3 Å². The van der Waals surface area contributed by atoms with Gasteiger partial charge < -0.3 is 5.11 Å². The maximum Gasteiger partial charge on any atom is 0.0932 e. The second kappa shape index (κ2) is 5.19. The summed E-state index contributed by atoms with van der Waals surface area (Å²) >= 11 is 13.0. The van der Waals surface area contributed by atoms with Crippen LogP contribution in [0, 0.1) is 0 Å². The van der Waals surface area contributed by atoms with Gasteiger partial charge >= 0.3 is 0 Å². The van der Waals surface area contributed by atoms with E-state index >= 15 is 0 Å². The summed E-state index contributed by atoms with van der Waals surface area (Å²) in [4.78, 5) is 0.889. The predicted molar refractivity (Wildman–Crippen MR) is 69.4 cm³/mol. The van der Waals surface area contributed by atoms with E-state index in [0.717, 1.165) is 10.4 Å². The highest BCUT2D eigenvalue weighted by Crippen LogP contribution is 2.29. The average molecular weight is 273 g/mol. The molecule has 1 aromatic heterocycles. The third-order valence-electron chi connectivity index (χ3n) is 2.26. The summed E-state index contributed by atoms with van der Waals surface area (Å²) in [5, 5.41) is 10.7. The van der Waals surface area contributed by atoms with Crippen molar-refractivity contribution in [3.05, 3.63) is 56.2 Å². The molecule has 0 aliphatic heterocycles. The van der Waals surface area contributed by atoms with E-state index in [2.05, 4.69) is 0 Å². The van der Waals surface area contributed by atoms with Crippen molar-refractivity contribution >= 4 is 34.5 Å². The first-order valence-corrected chi connectivity index (χ1v) is 6.40. The third-order valence-corrected chi connectivity index (χ3v) is 3.85. The molecule has 1 atom stereocenters. The number of thiophene rings is 1. The molecule has 1 heterocycles. The molecule has 0 fully saturated rings. The lowest BCUT2D eigenvalue weighted by molar-refractivity contribution is 0.182. The third kappa shape index (κ3) is 2.98. The van der Waals surface area contributed by atoms with Crippen molar-refractivity contribution in [3.63, 3.8) is 0 Å². The van der Waals surface area contributed by atoms with Crippen molar-refractivity contribution in [1.82, 2.24) is 0 Å². The number of aliphatic hydroxyl groups is 1. The van der Waals surface area contributed by atoms with Crippen LogP contribution < -0.4 is 0 Å². The minimum absolute atomic E-state index is 0.501. The Labute approximate surface area is 108 Å². The number of aliphatic hydroxyl groups excluding tert-OH is 1. The molecule has 1 N–H and O–H groups in total. The summed E-state index contributed by atoms with van der Waals surface area (Å²) in [5.41, 5.74) is 1.06. The molecule has 0 spiro atoms. The van der Waals surface area contributed by atoms with Crippen LogP contribution in [0.1, 0.15) is 16.5 Å². The van der Waals surface area contributed by atoms with Gasteiger partial charge in [-0.1, -0.05) is 35.3 Å². The van der Waals surface area contributed by atoms with Crippen LogP contribution in [0.5, 0.6) is 0 Å². The van der Waals surface area contributed by atoms with Crippen LogP contribution in [0.25, 0.3) is 0 Å². The maximum absolute atomic E-state index is 9.98. The van der Waals surface area contributed by atoms with E-state index in [-0.39, 0.29) is 0 Å². The zero-order chi connectivity index (χ0) is 11.5. The van der Waals surface area contributed by atoms with Crippen molar-refractivity contribution in [3.8, 4) is 0 Å². The fourth-order valence-corrected chi connectivity index (χ4v) is 2.62. The van der Waals surface area contributed by atoms with Crippen LogP contribution in [0.15, 0.2) is 36.4 Å². The first kappa shape index (κ1) is 11.9. The van der Waals surface area contributed by atoms with Crippen molar-refractivity contribution in [1.29, 1.82) is 0 Å². The van der Waals surface area contributed by atoms with Crippen molar-refractivity contribution in [2.75, 3.05) is 0 Å². The summed E-state index contributed by atoms with van der Waals surface area (Å²) in [5.74, 6) is 0. The van der Waals surface area contributed by atoms with Crippen LogP contribution in [-0.2, 0) is 6.42 Å². The molecule has 0 aliphatic rings. The smallest absolute Gasteiger partial charge is 0.0932 e. The lowest BCUT2D eigenvalue weighted by atomic mass is 10.1. The Morgan fingerprint density at radius 3 is 2.31 bits per heavy atom. The molecular formula is C12H10Cl2OS. The predicted octanol–water partition coefficient (Wildman–Crippen LogP) is 4.33. The van der Waals surface area contributed by atoms with E-state index in [1.807, 2.05) is 30.3 Å². The van der Waals surface area contributed by atoms with Crippen molar-refractivity contribution in [2.24, 2.45) is 0 Å². The van der Waals surface area contributed by atoms with Crippen LogP contribution in [0.4, 0.5) is 0 Å². The molecule has 4 heteroatoms. The Morgan fingerprint density at radius 2 is 1.75 bits per heavy atom. The van der Waals surface area contributed by atoms with Gasteiger partial charge in [-0.15, -0.1) is 11.3 Å². The monoisotopic (exact) mass is 272 g/mol. The number of benzene rings is 1. The van der Waals surface area contributed by atoms with E-state index in [9.17, 15) is 5.11 Å². The van der Waals surface area contributed by atoms with E-state index in [4.69, 9.17) is 23.2 Å². The second-order valence-corrected chi connectivity index (χ2v) is 5.67. The van der Waals surface area contributed by atoms with Gasteiger partial charge in [-0.05, 0) is 29.8 Å². The van der Waals surface area contributed by atoms with Crippen LogP contribution in [-0.4, -0.2) is 5.11 Å². The van der Waals surface area contributed by atoms with Gasteiger partial charge in [0, 0.05) is 16.3 Å². The number of halogens is 2. The highest BCUT2D eigenvalue weighted by molar-refractivity contribution is 7.16. The molecule has 16 heavy (non-hydrogen) atoms. The maximum atomic E-state index is 9.98. The minimum atomic E-state index is -0.501. The summed E-state index contributed by atoms with van der Waals surface area (Å²) in [6, 6.07) is 11.1. The highest BCUT2D eigenvalue weighted by Gasteiger charge is 2.10. The topological polar surface area (TPSA) is 20.2 Å². The van der Waals surface area contributed by atoms with Gasteiger partial charge in [0.15, 0.2) is 0 Å². The van der Waals surface area contributed by atoms with Gasteiger partial charge in [0.25, 0.3) is 0 Å². The highest BCUT2D eigenvalue weighted by atomic mass is 35.5. The molecule has 2 rings (SSSR count). The largest absolute Gasteiger partial charge is 0.387 e. The van der Waals surface area contributed by atoms with Gasteiger partial charge in [0.1, 0.15) is 0 Å². The molecule has 0 saturated carbocycles. The minimum Gasteiger partial charge on any atom is -0.387 e. The standard InChI is InChI=1S/C12H10Cl2OS/c13-9-3-1-8(2-4-9)7-10(15)11-5-6-12(14)16-11/h1-6,10,15H,7H2. The van der Waals surface area contributed by atoms with E-state index in [1.54, 1.807) is 6.07 Å². The molecule has 0 radical (unpaired) electrons. The Morgan fingerprint density at radius 1 is 1.06 bits per heavy atom. The zero-order valence-corrected chi connectivity index (χ0v) is 10.7. The zero-order valence-electron chi connectivity index (χ0n) is 8.36. The van der Waals surface area contributed by atoms with Gasteiger partial charge in [-0.2, -0.15) is 0 Å². The van der Waals surface area contributed by atoms with Gasteiger partial charge in [-0.3, -0.25) is 0 Å². The van der Waals surface area contributed by atoms with Crippen molar-refractivity contribution in [2.45, 2.75) is 12.5 Å². The van der Waals surface area contributed by atoms with Gasteiger partial charge in [0.05, 0.1) is 10.4 Å². The Kier molecular flexibility index (Phi) is 3.87. The summed E-state index contributed by atoms with van der Waals surface area (Å²) in [6.45, 7) is 0. The fraction of sp³-hybridized carbons (Fsp3) is 0.167. The molecular weight excluding hydrogens is 263 g/mol. The first-order valence-electron chi connectivity index (χ1n) is 4.83. The SMILES string of the molecule is OC(Cc1ccc(Cl)cc1)c1ccc(Cl)s1. The Bertz CT molecular complexity index is 464. The molecule has 0 saturated heterocycles. The Hall–Kier alpha value is -0.540. The van der Waals surface area contributed by atoms with E-state index < -0.39 is 6.10 Å². The molecule has 0 bridgehead atoms. The van der Waals surface area contributed by atoms with E-state index in [0.29, 0.717) is 15.8 Å². The summed E-state index contributed by atoms with van der Waals surface area (Å²) in [6.07, 6.45) is 0.0762. The molecule has 2 aromatic rings. The van der Waals surface area contributed by atoms with Crippen LogP contribution in [0.3, 0.4) is 0 Å². The molecule has 0 amide bonds. The Balaban J connectivity index is 2.07. The second-order valence-electron chi connectivity index (χ2n) is 3.49. The number of hydrogen-bond acceptors (Lipinski definition) is 2. The lowest BCUT2D eigenvalue weighted by Crippen LogP contribution is -1.99. The number of hydrogen-bond donors (Lipinski definition) is 1.